The van der Waals surface area contributed by atoms with Crippen LogP contribution in [0, 0.1) is 5.92 Å². The number of hydrogen-bond acceptors (Lipinski definition) is 3. The van der Waals surface area contributed by atoms with Crippen LogP contribution in [0.1, 0.15) is 38.2 Å². The Morgan fingerprint density at radius 3 is 2.62 bits per heavy atom. The van der Waals surface area contributed by atoms with E-state index in [0.29, 0.717) is 10.8 Å². The fourth-order valence-corrected chi connectivity index (χ4v) is 5.11. The number of carbonyl (C=O) groups is 2. The number of amides is 2. The van der Waals surface area contributed by atoms with Gasteiger partial charge in [0.25, 0.3) is 5.91 Å². The van der Waals surface area contributed by atoms with Gasteiger partial charge in [0, 0.05) is 10.9 Å². The van der Waals surface area contributed by atoms with Crippen LogP contribution in [0.15, 0.2) is 64.4 Å². The van der Waals surface area contributed by atoms with Crippen LogP contribution in [0.2, 0.25) is 0 Å². The van der Waals surface area contributed by atoms with Gasteiger partial charge in [-0.2, -0.15) is 0 Å². The highest BCUT2D eigenvalue weighted by Crippen LogP contribution is 2.41. The van der Waals surface area contributed by atoms with Gasteiger partial charge in [-0.05, 0) is 42.5 Å². The molecule has 5 heteroatoms. The first-order chi connectivity index (χ1) is 14.1. The summed E-state index contributed by atoms with van der Waals surface area (Å²) in [5.41, 5.74) is 1.78. The lowest BCUT2D eigenvalue weighted by Gasteiger charge is -2.32. The van der Waals surface area contributed by atoms with E-state index in [4.69, 9.17) is 0 Å². The van der Waals surface area contributed by atoms with E-state index in [1.165, 1.54) is 18.2 Å². The van der Waals surface area contributed by atoms with Crippen molar-refractivity contribution in [1.29, 1.82) is 0 Å². The maximum absolute atomic E-state index is 13.2. The molecule has 1 N–H and O–H groups in total. The molecule has 2 unspecified atom stereocenters. The first kappa shape index (κ1) is 19.8. The normalized spacial score (nSPS) is 23.0. The number of carbonyl (C=O) groups excluding carboxylic acids is 2. The Labute approximate surface area is 176 Å². The molecule has 150 valence electrons. The largest absolute Gasteiger partial charge is 0.352 e. The zero-order valence-corrected chi connectivity index (χ0v) is 17.5. The van der Waals surface area contributed by atoms with Crippen LogP contribution in [0.25, 0.3) is 6.08 Å². The first-order valence-corrected chi connectivity index (χ1v) is 11.1. The minimum atomic E-state index is -0.121. The first-order valence-electron chi connectivity index (χ1n) is 10.3. The van der Waals surface area contributed by atoms with E-state index in [9.17, 15) is 9.59 Å². The van der Waals surface area contributed by atoms with Crippen LogP contribution < -0.4 is 10.2 Å². The number of fused-ring (bicyclic) bond motifs is 1. The van der Waals surface area contributed by atoms with Crippen LogP contribution in [0.3, 0.4) is 0 Å². The maximum Gasteiger partial charge on any atom is 0.265 e. The third kappa shape index (κ3) is 4.56. The number of hydrogen-bond donors (Lipinski definition) is 1. The summed E-state index contributed by atoms with van der Waals surface area (Å²) in [6.07, 6.45) is 6.46. The Bertz CT molecular complexity index is 925. The standard InChI is InChI=1S/C24H26N2O2S/c1-17-9-5-6-12-19(17)25-23(27)16-26-20-13-7-8-14-21(20)29-22(24(26)28)15-18-10-3-2-4-11-18/h2-4,7-8,10-11,13-15,17,19H,5-6,9,12,16H2,1H3,(H,25,27)/b22-15-. The number of thioether (sulfide) groups is 1. The van der Waals surface area contributed by atoms with Crippen molar-refractivity contribution in [2.45, 2.75) is 43.5 Å². The smallest absolute Gasteiger partial charge is 0.265 e. The number of nitrogens with one attached hydrogen (secondary N) is 1. The molecule has 2 aromatic carbocycles. The summed E-state index contributed by atoms with van der Waals surface area (Å²) in [6.45, 7) is 2.24. The van der Waals surface area contributed by atoms with Crippen molar-refractivity contribution in [3.05, 3.63) is 65.1 Å². The van der Waals surface area contributed by atoms with Crippen molar-refractivity contribution < 1.29 is 9.59 Å². The average Bonchev–Trinajstić information content (AvgIpc) is 2.73. The summed E-state index contributed by atoms with van der Waals surface area (Å²) >= 11 is 1.47. The summed E-state index contributed by atoms with van der Waals surface area (Å²) in [4.78, 5) is 29.3. The quantitative estimate of drug-likeness (QED) is 0.738. The molecule has 0 bridgehead atoms. The van der Waals surface area contributed by atoms with Crippen LogP contribution in [0.5, 0.6) is 0 Å². The number of para-hydroxylation sites is 1. The molecule has 4 nitrogen and oxygen atoms in total. The second-order valence-electron chi connectivity index (χ2n) is 7.82. The predicted octanol–water partition coefficient (Wildman–Crippen LogP) is 4.86. The van der Waals surface area contributed by atoms with E-state index < -0.39 is 0 Å². The molecule has 2 aliphatic rings. The van der Waals surface area contributed by atoms with Crippen molar-refractivity contribution >= 4 is 35.3 Å². The van der Waals surface area contributed by atoms with E-state index in [-0.39, 0.29) is 24.4 Å². The summed E-state index contributed by atoms with van der Waals surface area (Å²) < 4.78 is 0. The zero-order valence-electron chi connectivity index (χ0n) is 16.6. The SMILES string of the molecule is CC1CCCCC1NC(=O)CN1C(=O)/C(=C/c2ccccc2)Sc2ccccc21. The van der Waals surface area contributed by atoms with Gasteiger partial charge in [-0.1, -0.05) is 74.0 Å². The minimum Gasteiger partial charge on any atom is -0.352 e. The van der Waals surface area contributed by atoms with Crippen molar-refractivity contribution in [2.24, 2.45) is 5.92 Å². The average molecular weight is 407 g/mol. The van der Waals surface area contributed by atoms with Gasteiger partial charge >= 0.3 is 0 Å². The molecule has 0 spiro atoms. The molecule has 2 aromatic rings. The highest BCUT2D eigenvalue weighted by atomic mass is 32.2. The molecule has 1 fully saturated rings. The predicted molar refractivity (Wildman–Crippen MR) is 119 cm³/mol. The van der Waals surface area contributed by atoms with Crippen molar-refractivity contribution in [2.75, 3.05) is 11.4 Å². The van der Waals surface area contributed by atoms with Gasteiger partial charge < -0.3 is 5.32 Å². The summed E-state index contributed by atoms with van der Waals surface area (Å²) in [6, 6.07) is 17.8. The lowest BCUT2D eigenvalue weighted by atomic mass is 9.86. The molecule has 1 saturated carbocycles. The van der Waals surface area contributed by atoms with E-state index in [0.717, 1.165) is 35.4 Å². The highest BCUT2D eigenvalue weighted by Gasteiger charge is 2.31. The third-order valence-electron chi connectivity index (χ3n) is 5.69. The Balaban J connectivity index is 1.56. The molecule has 0 radical (unpaired) electrons. The fraction of sp³-hybridized carbons (Fsp3) is 0.333. The van der Waals surface area contributed by atoms with Gasteiger partial charge in [0.1, 0.15) is 6.54 Å². The molecule has 0 saturated heterocycles. The monoisotopic (exact) mass is 406 g/mol. The van der Waals surface area contributed by atoms with Crippen molar-refractivity contribution in [3.8, 4) is 0 Å². The molecular formula is C24H26N2O2S. The Morgan fingerprint density at radius 1 is 1.10 bits per heavy atom. The molecular weight excluding hydrogens is 380 g/mol. The lowest BCUT2D eigenvalue weighted by molar-refractivity contribution is -0.123. The van der Waals surface area contributed by atoms with Gasteiger partial charge in [0.2, 0.25) is 5.91 Å². The Kier molecular flexibility index (Phi) is 6.05. The van der Waals surface area contributed by atoms with Crippen molar-refractivity contribution in [1.82, 2.24) is 5.32 Å². The van der Waals surface area contributed by atoms with Gasteiger partial charge in [-0.25, -0.2) is 0 Å². The van der Waals surface area contributed by atoms with Crippen LogP contribution >= 0.6 is 11.8 Å². The molecule has 2 atom stereocenters. The second-order valence-corrected chi connectivity index (χ2v) is 8.90. The summed E-state index contributed by atoms with van der Waals surface area (Å²) in [7, 11) is 0. The van der Waals surface area contributed by atoms with E-state index >= 15 is 0 Å². The van der Waals surface area contributed by atoms with Crippen LogP contribution in [-0.4, -0.2) is 24.4 Å². The summed E-state index contributed by atoms with van der Waals surface area (Å²) in [5, 5.41) is 3.17. The highest BCUT2D eigenvalue weighted by molar-refractivity contribution is 8.04. The molecule has 2 amide bonds. The molecule has 1 heterocycles. The van der Waals surface area contributed by atoms with E-state index in [2.05, 4.69) is 12.2 Å². The van der Waals surface area contributed by atoms with E-state index in [1.54, 1.807) is 4.90 Å². The van der Waals surface area contributed by atoms with Crippen LogP contribution in [-0.2, 0) is 9.59 Å². The second kappa shape index (κ2) is 8.87. The lowest BCUT2D eigenvalue weighted by Crippen LogP contribution is -2.48. The van der Waals surface area contributed by atoms with Gasteiger partial charge in [-0.3, -0.25) is 14.5 Å². The summed E-state index contributed by atoms with van der Waals surface area (Å²) in [5.74, 6) is 0.281. The van der Waals surface area contributed by atoms with Gasteiger partial charge in [0.05, 0.1) is 10.6 Å². The molecule has 1 aliphatic heterocycles. The molecule has 4 rings (SSSR count). The zero-order chi connectivity index (χ0) is 20.2. The van der Waals surface area contributed by atoms with Crippen molar-refractivity contribution in [3.63, 3.8) is 0 Å². The minimum absolute atomic E-state index is 0.0474. The molecule has 0 aromatic heterocycles. The molecule has 29 heavy (non-hydrogen) atoms. The fourth-order valence-electron chi connectivity index (χ4n) is 4.05. The van der Waals surface area contributed by atoms with E-state index in [1.807, 2.05) is 60.7 Å². The number of benzene rings is 2. The van der Waals surface area contributed by atoms with Gasteiger partial charge in [-0.15, -0.1) is 0 Å². The topological polar surface area (TPSA) is 49.4 Å². The molecule has 1 aliphatic carbocycles. The maximum atomic E-state index is 13.2. The number of anilines is 1. The third-order valence-corrected chi connectivity index (χ3v) is 6.77. The Hall–Kier alpha value is -2.53. The number of rotatable bonds is 4. The van der Waals surface area contributed by atoms with Gasteiger partial charge in [0.15, 0.2) is 0 Å². The Morgan fingerprint density at radius 2 is 1.83 bits per heavy atom. The van der Waals surface area contributed by atoms with Crippen LogP contribution in [0.4, 0.5) is 5.69 Å². The number of nitrogens with zero attached hydrogens (tertiary/aromatic N) is 1.